The monoisotopic (exact) mass is 227 g/mol. The molecule has 0 radical (unpaired) electrons. The Morgan fingerprint density at radius 2 is 2.06 bits per heavy atom. The topological polar surface area (TPSA) is 38.3 Å². The maximum atomic E-state index is 11.4. The summed E-state index contributed by atoms with van der Waals surface area (Å²) < 4.78 is 4.97. The van der Waals surface area contributed by atoms with Crippen molar-refractivity contribution in [1.29, 1.82) is 0 Å². The summed E-state index contributed by atoms with van der Waals surface area (Å²) in [6.45, 7) is 6.05. The highest BCUT2D eigenvalue weighted by Crippen LogP contribution is 2.22. The number of esters is 1. The predicted molar refractivity (Wildman–Crippen MR) is 65.2 cm³/mol. The first kappa shape index (κ1) is 13.5. The Bertz CT molecular complexity index is 200. The van der Waals surface area contributed by atoms with Gasteiger partial charge in [-0.3, -0.25) is 4.79 Å². The van der Waals surface area contributed by atoms with Gasteiger partial charge in [-0.25, -0.2) is 0 Å². The van der Waals surface area contributed by atoms with E-state index < -0.39 is 0 Å². The van der Waals surface area contributed by atoms with E-state index >= 15 is 0 Å². The normalized spacial score (nSPS) is 19.4. The third-order valence-electron chi connectivity index (χ3n) is 3.30. The molecule has 3 nitrogen and oxygen atoms in total. The van der Waals surface area contributed by atoms with Crippen LogP contribution in [0.3, 0.4) is 0 Å². The molecule has 0 amide bonds. The van der Waals surface area contributed by atoms with Crippen LogP contribution < -0.4 is 5.32 Å². The molecule has 1 aliphatic carbocycles. The number of ether oxygens (including phenoxy) is 1. The van der Waals surface area contributed by atoms with Gasteiger partial charge in [0.05, 0.1) is 12.5 Å². The van der Waals surface area contributed by atoms with Crippen molar-refractivity contribution in [3.63, 3.8) is 0 Å². The molecule has 0 bridgehead atoms. The average molecular weight is 227 g/mol. The molecule has 0 heterocycles. The van der Waals surface area contributed by atoms with Gasteiger partial charge in [-0.1, -0.05) is 26.2 Å². The molecule has 0 saturated heterocycles. The van der Waals surface area contributed by atoms with Crippen LogP contribution >= 0.6 is 0 Å². The smallest absolute Gasteiger partial charge is 0.309 e. The number of carbonyl (C=O) groups is 1. The van der Waals surface area contributed by atoms with Gasteiger partial charge < -0.3 is 10.1 Å². The zero-order chi connectivity index (χ0) is 11.8. The highest BCUT2D eigenvalue weighted by atomic mass is 16.5. The van der Waals surface area contributed by atoms with E-state index in [-0.39, 0.29) is 11.9 Å². The van der Waals surface area contributed by atoms with E-state index in [2.05, 4.69) is 5.32 Å². The number of nitrogens with one attached hydrogen (secondary N) is 1. The highest BCUT2D eigenvalue weighted by molar-refractivity contribution is 5.72. The van der Waals surface area contributed by atoms with Crippen LogP contribution in [0.1, 0.15) is 46.0 Å². The zero-order valence-electron chi connectivity index (χ0n) is 10.6. The second-order valence-electron chi connectivity index (χ2n) is 4.82. The molecule has 1 unspecified atom stereocenters. The molecular formula is C13H25NO2. The van der Waals surface area contributed by atoms with Gasteiger partial charge in [0.15, 0.2) is 0 Å². The van der Waals surface area contributed by atoms with Crippen LogP contribution in [0.2, 0.25) is 0 Å². The minimum absolute atomic E-state index is 0.0245. The highest BCUT2D eigenvalue weighted by Gasteiger charge is 2.16. The summed E-state index contributed by atoms with van der Waals surface area (Å²) in [5, 5.41) is 3.39. The summed E-state index contributed by atoms with van der Waals surface area (Å²) in [7, 11) is 0. The van der Waals surface area contributed by atoms with Gasteiger partial charge >= 0.3 is 5.97 Å². The summed E-state index contributed by atoms with van der Waals surface area (Å²) >= 11 is 0. The Morgan fingerprint density at radius 3 is 2.69 bits per heavy atom. The first-order chi connectivity index (χ1) is 7.74. The lowest BCUT2D eigenvalue weighted by molar-refractivity contribution is -0.147. The minimum atomic E-state index is -0.0846. The van der Waals surface area contributed by atoms with E-state index in [1.807, 2.05) is 13.8 Å². The van der Waals surface area contributed by atoms with Crippen molar-refractivity contribution in [2.45, 2.75) is 46.0 Å². The molecule has 0 aromatic heterocycles. The molecule has 0 aromatic carbocycles. The van der Waals surface area contributed by atoms with Gasteiger partial charge in [-0.05, 0) is 32.2 Å². The lowest BCUT2D eigenvalue weighted by Crippen LogP contribution is -2.32. The molecule has 94 valence electrons. The van der Waals surface area contributed by atoms with Crippen LogP contribution in [-0.2, 0) is 9.53 Å². The summed E-state index contributed by atoms with van der Waals surface area (Å²) in [4.78, 5) is 11.4. The van der Waals surface area contributed by atoms with Crippen LogP contribution in [-0.4, -0.2) is 25.7 Å². The van der Waals surface area contributed by atoms with Crippen molar-refractivity contribution in [2.24, 2.45) is 11.8 Å². The minimum Gasteiger partial charge on any atom is -0.466 e. The number of rotatable bonds is 6. The quantitative estimate of drug-likeness (QED) is 0.708. The third kappa shape index (κ3) is 4.97. The van der Waals surface area contributed by atoms with Gasteiger partial charge in [-0.15, -0.1) is 0 Å². The summed E-state index contributed by atoms with van der Waals surface area (Å²) in [5.41, 5.74) is 0. The first-order valence-electron chi connectivity index (χ1n) is 6.61. The summed E-state index contributed by atoms with van der Waals surface area (Å²) in [5.74, 6) is 0.713. The lowest BCUT2D eigenvalue weighted by Gasteiger charge is -2.22. The van der Waals surface area contributed by atoms with Gasteiger partial charge in [0, 0.05) is 6.54 Å². The number of hydrogen-bond acceptors (Lipinski definition) is 3. The molecular weight excluding hydrogens is 202 g/mol. The standard InChI is InChI=1S/C13H25NO2/c1-3-16-13(15)11(2)9-14-10-12-7-5-4-6-8-12/h11-12,14H,3-10H2,1-2H3. The molecule has 16 heavy (non-hydrogen) atoms. The molecule has 1 atom stereocenters. The summed E-state index contributed by atoms with van der Waals surface area (Å²) in [6, 6.07) is 0. The Kier molecular flexibility index (Phi) is 6.46. The Balaban J connectivity index is 2.07. The second-order valence-corrected chi connectivity index (χ2v) is 4.82. The maximum Gasteiger partial charge on any atom is 0.309 e. The molecule has 1 fully saturated rings. The van der Waals surface area contributed by atoms with Crippen molar-refractivity contribution in [2.75, 3.05) is 19.7 Å². The van der Waals surface area contributed by atoms with Crippen molar-refractivity contribution in [3.05, 3.63) is 0 Å². The summed E-state index contributed by atoms with van der Waals surface area (Å²) in [6.07, 6.45) is 6.84. The van der Waals surface area contributed by atoms with E-state index in [0.717, 1.165) is 19.0 Å². The van der Waals surface area contributed by atoms with Crippen LogP contribution in [0.15, 0.2) is 0 Å². The fourth-order valence-corrected chi connectivity index (χ4v) is 2.26. The molecule has 0 aliphatic heterocycles. The largest absolute Gasteiger partial charge is 0.466 e. The van der Waals surface area contributed by atoms with E-state index in [9.17, 15) is 4.79 Å². The fourth-order valence-electron chi connectivity index (χ4n) is 2.26. The number of carbonyl (C=O) groups excluding carboxylic acids is 1. The molecule has 0 aromatic rings. The lowest BCUT2D eigenvalue weighted by atomic mass is 9.89. The molecule has 1 N–H and O–H groups in total. The molecule has 1 rings (SSSR count). The van der Waals surface area contributed by atoms with Crippen LogP contribution in [0.4, 0.5) is 0 Å². The van der Waals surface area contributed by atoms with Crippen LogP contribution in [0.5, 0.6) is 0 Å². The Morgan fingerprint density at radius 1 is 1.38 bits per heavy atom. The third-order valence-corrected chi connectivity index (χ3v) is 3.30. The van der Waals surface area contributed by atoms with Crippen molar-refractivity contribution in [1.82, 2.24) is 5.32 Å². The van der Waals surface area contributed by atoms with Gasteiger partial charge in [0.25, 0.3) is 0 Å². The van der Waals surface area contributed by atoms with Crippen molar-refractivity contribution < 1.29 is 9.53 Å². The van der Waals surface area contributed by atoms with Crippen molar-refractivity contribution in [3.8, 4) is 0 Å². The van der Waals surface area contributed by atoms with Crippen molar-refractivity contribution >= 4 is 5.97 Å². The zero-order valence-corrected chi connectivity index (χ0v) is 10.6. The molecule has 0 spiro atoms. The van der Waals surface area contributed by atoms with Crippen LogP contribution in [0, 0.1) is 11.8 Å². The van der Waals surface area contributed by atoms with E-state index in [1.54, 1.807) is 0 Å². The number of hydrogen-bond donors (Lipinski definition) is 1. The second kappa shape index (κ2) is 7.66. The molecule has 1 saturated carbocycles. The van der Waals surface area contributed by atoms with Gasteiger partial charge in [0.1, 0.15) is 0 Å². The molecule has 3 heteroatoms. The first-order valence-corrected chi connectivity index (χ1v) is 6.61. The fraction of sp³-hybridized carbons (Fsp3) is 0.923. The van der Waals surface area contributed by atoms with Gasteiger partial charge in [0.2, 0.25) is 0 Å². The predicted octanol–water partition coefficient (Wildman–Crippen LogP) is 2.36. The molecule has 1 aliphatic rings. The van der Waals surface area contributed by atoms with E-state index in [0.29, 0.717) is 6.61 Å². The van der Waals surface area contributed by atoms with E-state index in [4.69, 9.17) is 4.74 Å². The average Bonchev–Trinajstić information content (AvgIpc) is 2.30. The van der Waals surface area contributed by atoms with Gasteiger partial charge in [-0.2, -0.15) is 0 Å². The maximum absolute atomic E-state index is 11.4. The van der Waals surface area contributed by atoms with E-state index in [1.165, 1.54) is 32.1 Å². The van der Waals surface area contributed by atoms with Crippen LogP contribution in [0.25, 0.3) is 0 Å². The Hall–Kier alpha value is -0.570. The Labute approximate surface area is 98.9 Å². The SMILES string of the molecule is CCOC(=O)C(C)CNCC1CCCCC1.